The Morgan fingerprint density at radius 2 is 2.00 bits per heavy atom. The number of thiophene rings is 1. The lowest BCUT2D eigenvalue weighted by atomic mass is 9.97. The molecule has 0 bridgehead atoms. The highest BCUT2D eigenvalue weighted by Gasteiger charge is 2.29. The van der Waals surface area contributed by atoms with E-state index in [1.54, 1.807) is 11.0 Å². The Hall–Kier alpha value is -2.48. The van der Waals surface area contributed by atoms with E-state index in [1.807, 2.05) is 11.4 Å². The number of carbonyl (C=O) groups excluding carboxylic acids is 2. The summed E-state index contributed by atoms with van der Waals surface area (Å²) in [5, 5.41) is 4.62. The molecule has 1 N–H and O–H groups in total. The first-order valence-electron chi connectivity index (χ1n) is 8.21. The highest BCUT2D eigenvalue weighted by molar-refractivity contribution is 7.12. The zero-order chi connectivity index (χ0) is 18.5. The van der Waals surface area contributed by atoms with Gasteiger partial charge in [-0.1, -0.05) is 6.07 Å². The lowest BCUT2D eigenvalue weighted by Crippen LogP contribution is -2.43. The van der Waals surface area contributed by atoms with Gasteiger partial charge < -0.3 is 15.0 Å². The van der Waals surface area contributed by atoms with E-state index in [0.717, 1.165) is 6.42 Å². The van der Waals surface area contributed by atoms with Crippen molar-refractivity contribution in [2.75, 3.05) is 18.4 Å². The summed E-state index contributed by atoms with van der Waals surface area (Å²) in [6.07, 6.45) is 1.46. The first-order valence-corrected chi connectivity index (χ1v) is 9.09. The van der Waals surface area contributed by atoms with Gasteiger partial charge >= 0.3 is 6.61 Å². The van der Waals surface area contributed by atoms with E-state index in [9.17, 15) is 18.4 Å². The first-order chi connectivity index (χ1) is 12.5. The average molecular weight is 380 g/mol. The Kier molecular flexibility index (Phi) is 5.82. The number of piperidine rings is 1. The predicted molar refractivity (Wildman–Crippen MR) is 94.7 cm³/mol. The molecule has 1 aromatic carbocycles. The maximum absolute atomic E-state index is 12.5. The fourth-order valence-electron chi connectivity index (χ4n) is 2.90. The van der Waals surface area contributed by atoms with Gasteiger partial charge in [-0.05, 0) is 48.6 Å². The van der Waals surface area contributed by atoms with Crippen LogP contribution in [0.3, 0.4) is 0 Å². The van der Waals surface area contributed by atoms with E-state index in [0.29, 0.717) is 30.1 Å². The Balaban J connectivity index is 1.58. The maximum Gasteiger partial charge on any atom is 0.387 e. The van der Waals surface area contributed by atoms with Crippen molar-refractivity contribution in [3.63, 3.8) is 0 Å². The minimum Gasteiger partial charge on any atom is -0.435 e. The van der Waals surface area contributed by atoms with Crippen LogP contribution in [0.25, 0.3) is 0 Å². The van der Waals surface area contributed by atoms with Crippen LogP contribution in [0.1, 0.15) is 22.5 Å². The van der Waals surface area contributed by atoms with Gasteiger partial charge in [-0.3, -0.25) is 9.59 Å². The number of rotatable bonds is 5. The van der Waals surface area contributed by atoms with Crippen molar-refractivity contribution < 1.29 is 23.1 Å². The molecule has 0 saturated carbocycles. The Labute approximate surface area is 153 Å². The van der Waals surface area contributed by atoms with Gasteiger partial charge in [-0.15, -0.1) is 11.3 Å². The van der Waals surface area contributed by atoms with Crippen LogP contribution in [-0.4, -0.2) is 36.4 Å². The molecule has 1 fully saturated rings. The number of amides is 2. The molecular formula is C18H18F2N2O3S. The van der Waals surface area contributed by atoms with Crippen LogP contribution in [-0.2, 0) is 4.79 Å². The number of nitrogens with one attached hydrogen (secondary N) is 1. The van der Waals surface area contributed by atoms with E-state index in [1.165, 1.54) is 35.6 Å². The molecule has 0 aliphatic carbocycles. The largest absolute Gasteiger partial charge is 0.435 e. The van der Waals surface area contributed by atoms with Crippen LogP contribution in [0.5, 0.6) is 5.75 Å². The van der Waals surface area contributed by atoms with Crippen LogP contribution in [0.15, 0.2) is 41.8 Å². The minimum atomic E-state index is -2.88. The second-order valence-electron chi connectivity index (χ2n) is 5.96. The molecule has 3 rings (SSSR count). The molecule has 138 valence electrons. The van der Waals surface area contributed by atoms with Crippen LogP contribution in [0.2, 0.25) is 0 Å². The molecule has 2 amide bonds. The summed E-state index contributed by atoms with van der Waals surface area (Å²) in [6, 6.07) is 9.36. The average Bonchev–Trinajstić information content (AvgIpc) is 3.17. The predicted octanol–water partition coefficient (Wildman–Crippen LogP) is 3.84. The second kappa shape index (κ2) is 8.27. The Morgan fingerprint density at radius 1 is 1.23 bits per heavy atom. The molecule has 2 heterocycles. The number of halogens is 2. The summed E-state index contributed by atoms with van der Waals surface area (Å²) in [6.45, 7) is -1.88. The first kappa shape index (κ1) is 18.3. The third-order valence-corrected chi connectivity index (χ3v) is 5.02. The molecule has 0 radical (unpaired) electrons. The summed E-state index contributed by atoms with van der Waals surface area (Å²) in [4.78, 5) is 27.3. The standard InChI is InChI=1S/C18H18F2N2O3S/c19-18(20)25-14-7-5-13(6-8-14)21-16(23)12-3-1-9-22(11-12)17(24)15-4-2-10-26-15/h2,4-8,10,12,18H,1,3,9,11H2,(H,21,23). The van der Waals surface area contributed by atoms with E-state index in [2.05, 4.69) is 10.1 Å². The summed E-state index contributed by atoms with van der Waals surface area (Å²) >= 11 is 1.39. The van der Waals surface area contributed by atoms with E-state index in [-0.39, 0.29) is 23.5 Å². The molecule has 1 atom stereocenters. The SMILES string of the molecule is O=C(Nc1ccc(OC(F)F)cc1)C1CCCN(C(=O)c2cccs2)C1. The quantitative estimate of drug-likeness (QED) is 0.857. The number of ether oxygens (including phenoxy) is 1. The molecular weight excluding hydrogens is 362 g/mol. The van der Waals surface area contributed by atoms with Gasteiger partial charge in [0, 0.05) is 18.8 Å². The van der Waals surface area contributed by atoms with E-state index >= 15 is 0 Å². The van der Waals surface area contributed by atoms with Gasteiger partial charge in [-0.2, -0.15) is 8.78 Å². The minimum absolute atomic E-state index is 0.0309. The second-order valence-corrected chi connectivity index (χ2v) is 6.91. The number of likely N-dealkylation sites (tertiary alicyclic amines) is 1. The molecule has 1 saturated heterocycles. The smallest absolute Gasteiger partial charge is 0.387 e. The van der Waals surface area contributed by atoms with Crippen molar-refractivity contribution in [2.45, 2.75) is 19.5 Å². The Morgan fingerprint density at radius 3 is 2.65 bits per heavy atom. The monoisotopic (exact) mass is 380 g/mol. The van der Waals surface area contributed by atoms with Crippen LogP contribution in [0, 0.1) is 5.92 Å². The van der Waals surface area contributed by atoms with Crippen molar-refractivity contribution in [3.8, 4) is 5.75 Å². The molecule has 1 aliphatic heterocycles. The summed E-state index contributed by atoms with van der Waals surface area (Å²) in [5.41, 5.74) is 0.498. The summed E-state index contributed by atoms with van der Waals surface area (Å²) in [5.74, 6) is -0.504. The number of anilines is 1. The third-order valence-electron chi connectivity index (χ3n) is 4.16. The van der Waals surface area contributed by atoms with Gasteiger partial charge in [0.25, 0.3) is 5.91 Å². The normalized spacial score (nSPS) is 17.2. The van der Waals surface area contributed by atoms with Gasteiger partial charge in [-0.25, -0.2) is 0 Å². The van der Waals surface area contributed by atoms with Crippen molar-refractivity contribution in [1.82, 2.24) is 4.90 Å². The molecule has 5 nitrogen and oxygen atoms in total. The maximum atomic E-state index is 12.5. The number of nitrogens with zero attached hydrogens (tertiary/aromatic N) is 1. The van der Waals surface area contributed by atoms with Crippen LogP contribution < -0.4 is 10.1 Å². The molecule has 8 heteroatoms. The lowest BCUT2D eigenvalue weighted by Gasteiger charge is -2.31. The van der Waals surface area contributed by atoms with E-state index in [4.69, 9.17) is 0 Å². The van der Waals surface area contributed by atoms with Crippen molar-refractivity contribution in [1.29, 1.82) is 0 Å². The third kappa shape index (κ3) is 4.57. The van der Waals surface area contributed by atoms with Crippen molar-refractivity contribution in [2.24, 2.45) is 5.92 Å². The number of benzene rings is 1. The topological polar surface area (TPSA) is 58.6 Å². The molecule has 1 aromatic heterocycles. The zero-order valence-corrected chi connectivity index (χ0v) is 14.7. The number of hydrogen-bond donors (Lipinski definition) is 1. The van der Waals surface area contributed by atoms with Gasteiger partial charge in [0.1, 0.15) is 5.75 Å². The number of alkyl halides is 2. The fourth-order valence-corrected chi connectivity index (χ4v) is 3.59. The fraction of sp³-hybridized carbons (Fsp3) is 0.333. The number of hydrogen-bond acceptors (Lipinski definition) is 4. The molecule has 2 aromatic rings. The van der Waals surface area contributed by atoms with Gasteiger partial charge in [0.05, 0.1) is 10.8 Å². The van der Waals surface area contributed by atoms with Crippen molar-refractivity contribution in [3.05, 3.63) is 46.7 Å². The molecule has 1 aliphatic rings. The highest BCUT2D eigenvalue weighted by atomic mass is 32.1. The van der Waals surface area contributed by atoms with Crippen LogP contribution in [0.4, 0.5) is 14.5 Å². The summed E-state index contributed by atoms with van der Waals surface area (Å²) in [7, 11) is 0. The van der Waals surface area contributed by atoms with Crippen molar-refractivity contribution >= 4 is 28.8 Å². The molecule has 0 spiro atoms. The van der Waals surface area contributed by atoms with Gasteiger partial charge in [0.15, 0.2) is 0 Å². The molecule has 1 unspecified atom stereocenters. The number of carbonyl (C=O) groups is 2. The molecule has 26 heavy (non-hydrogen) atoms. The lowest BCUT2D eigenvalue weighted by molar-refractivity contribution is -0.121. The van der Waals surface area contributed by atoms with Crippen LogP contribution >= 0.6 is 11.3 Å². The summed E-state index contributed by atoms with van der Waals surface area (Å²) < 4.78 is 28.6. The Bertz CT molecular complexity index is 750. The zero-order valence-electron chi connectivity index (χ0n) is 13.9. The highest BCUT2D eigenvalue weighted by Crippen LogP contribution is 2.23. The van der Waals surface area contributed by atoms with E-state index < -0.39 is 6.61 Å². The van der Waals surface area contributed by atoms with Gasteiger partial charge in [0.2, 0.25) is 5.91 Å².